The predicted octanol–water partition coefficient (Wildman–Crippen LogP) is 0.647. The van der Waals surface area contributed by atoms with Crippen LogP contribution in [-0.2, 0) is 0 Å². The van der Waals surface area contributed by atoms with E-state index in [1.807, 2.05) is 6.26 Å². The number of hydrogen-bond donors (Lipinski definition) is 3. The van der Waals surface area contributed by atoms with E-state index in [0.29, 0.717) is 18.5 Å². The van der Waals surface area contributed by atoms with Crippen molar-refractivity contribution < 1.29 is 10.2 Å². The lowest BCUT2D eigenvalue weighted by atomic mass is 10.2. The Kier molecular flexibility index (Phi) is 7.00. The summed E-state index contributed by atoms with van der Waals surface area (Å²) in [6.45, 7) is 0.130. The number of rotatable bonds is 7. The molecule has 0 aromatic carbocycles. The SMILES string of the molecule is CSc1ncnc2c1ncn2NC(CCO)CCO.Cl. The summed E-state index contributed by atoms with van der Waals surface area (Å²) in [5, 5.41) is 18.8. The summed E-state index contributed by atoms with van der Waals surface area (Å²) in [5.41, 5.74) is 4.63. The molecule has 0 atom stereocenters. The number of fused-ring (bicyclic) bond motifs is 1. The third kappa shape index (κ3) is 3.72. The van der Waals surface area contributed by atoms with Crippen LogP contribution in [0.5, 0.6) is 0 Å². The van der Waals surface area contributed by atoms with E-state index in [0.717, 1.165) is 10.5 Å². The molecule has 2 rings (SSSR count). The van der Waals surface area contributed by atoms with Gasteiger partial charge in [0.1, 0.15) is 23.2 Å². The van der Waals surface area contributed by atoms with Crippen molar-refractivity contribution in [3.8, 4) is 0 Å². The van der Waals surface area contributed by atoms with E-state index in [-0.39, 0.29) is 31.7 Å². The Labute approximate surface area is 127 Å². The maximum Gasteiger partial charge on any atom is 0.183 e. The summed E-state index contributed by atoms with van der Waals surface area (Å²) in [6, 6.07) is -0.0277. The maximum absolute atomic E-state index is 9.01. The van der Waals surface area contributed by atoms with Crippen molar-refractivity contribution in [1.82, 2.24) is 19.6 Å². The van der Waals surface area contributed by atoms with Gasteiger partial charge in [0.15, 0.2) is 5.65 Å². The molecular formula is C11H18ClN5O2S. The monoisotopic (exact) mass is 319 g/mol. The molecule has 0 radical (unpaired) electrons. The molecule has 0 bridgehead atoms. The summed E-state index contributed by atoms with van der Waals surface area (Å²) in [6.07, 6.45) is 6.19. The van der Waals surface area contributed by atoms with E-state index < -0.39 is 0 Å². The molecule has 7 nitrogen and oxygen atoms in total. The van der Waals surface area contributed by atoms with Crippen LogP contribution in [0.15, 0.2) is 17.7 Å². The summed E-state index contributed by atoms with van der Waals surface area (Å²) >= 11 is 1.52. The highest BCUT2D eigenvalue weighted by atomic mass is 35.5. The molecule has 0 fully saturated rings. The van der Waals surface area contributed by atoms with Crippen LogP contribution in [-0.4, -0.2) is 55.4 Å². The molecular weight excluding hydrogens is 302 g/mol. The van der Waals surface area contributed by atoms with Crippen molar-refractivity contribution in [1.29, 1.82) is 0 Å². The zero-order chi connectivity index (χ0) is 13.7. The molecule has 0 spiro atoms. The molecule has 20 heavy (non-hydrogen) atoms. The van der Waals surface area contributed by atoms with E-state index in [1.54, 1.807) is 11.0 Å². The minimum Gasteiger partial charge on any atom is -0.396 e. The third-order valence-electron chi connectivity index (χ3n) is 2.77. The van der Waals surface area contributed by atoms with E-state index in [2.05, 4.69) is 20.4 Å². The fraction of sp³-hybridized carbons (Fsp3) is 0.545. The van der Waals surface area contributed by atoms with Gasteiger partial charge in [-0.1, -0.05) is 0 Å². The Morgan fingerprint density at radius 3 is 2.55 bits per heavy atom. The summed E-state index contributed by atoms with van der Waals surface area (Å²) in [5.74, 6) is 0. The van der Waals surface area contributed by atoms with Crippen LogP contribution in [0.2, 0.25) is 0 Å². The predicted molar refractivity (Wildman–Crippen MR) is 80.9 cm³/mol. The van der Waals surface area contributed by atoms with Crippen molar-refractivity contribution in [3.05, 3.63) is 12.7 Å². The lowest BCUT2D eigenvalue weighted by Crippen LogP contribution is -2.29. The van der Waals surface area contributed by atoms with Gasteiger partial charge in [-0.25, -0.2) is 19.6 Å². The van der Waals surface area contributed by atoms with Crippen LogP contribution < -0.4 is 5.43 Å². The molecule has 0 unspecified atom stereocenters. The van der Waals surface area contributed by atoms with Gasteiger partial charge in [-0.3, -0.25) is 0 Å². The van der Waals surface area contributed by atoms with Gasteiger partial charge < -0.3 is 15.6 Å². The summed E-state index contributed by atoms with van der Waals surface area (Å²) in [7, 11) is 0. The van der Waals surface area contributed by atoms with Gasteiger partial charge in [0.2, 0.25) is 0 Å². The average Bonchev–Trinajstić information content (AvgIpc) is 2.82. The van der Waals surface area contributed by atoms with Crippen LogP contribution in [0, 0.1) is 0 Å². The second-order valence-corrected chi connectivity index (χ2v) is 4.82. The normalized spacial score (nSPS) is 10.8. The fourth-order valence-electron chi connectivity index (χ4n) is 1.84. The van der Waals surface area contributed by atoms with Gasteiger partial charge in [0.25, 0.3) is 0 Å². The van der Waals surface area contributed by atoms with Gasteiger partial charge >= 0.3 is 0 Å². The topological polar surface area (TPSA) is 96.1 Å². The minimum absolute atomic E-state index is 0. The first-order chi connectivity index (χ1) is 9.30. The van der Waals surface area contributed by atoms with Gasteiger partial charge in [-0.05, 0) is 19.1 Å². The molecule has 112 valence electrons. The zero-order valence-corrected chi connectivity index (χ0v) is 12.7. The lowest BCUT2D eigenvalue weighted by molar-refractivity contribution is 0.244. The number of thioether (sulfide) groups is 1. The molecule has 0 aliphatic heterocycles. The molecule has 0 amide bonds. The van der Waals surface area contributed by atoms with Crippen LogP contribution in [0.4, 0.5) is 0 Å². The Morgan fingerprint density at radius 1 is 1.25 bits per heavy atom. The number of hydrogen-bond acceptors (Lipinski definition) is 7. The van der Waals surface area contributed by atoms with Gasteiger partial charge in [-0.2, -0.15) is 0 Å². The second-order valence-electron chi connectivity index (χ2n) is 4.02. The van der Waals surface area contributed by atoms with Crippen LogP contribution in [0.25, 0.3) is 11.2 Å². The first-order valence-corrected chi connectivity index (χ1v) is 7.23. The van der Waals surface area contributed by atoms with E-state index in [4.69, 9.17) is 10.2 Å². The highest BCUT2D eigenvalue weighted by molar-refractivity contribution is 7.98. The Bertz CT molecular complexity index is 533. The van der Waals surface area contributed by atoms with E-state index in [9.17, 15) is 0 Å². The van der Waals surface area contributed by atoms with Crippen LogP contribution in [0.3, 0.4) is 0 Å². The van der Waals surface area contributed by atoms with Crippen molar-refractivity contribution in [2.45, 2.75) is 23.9 Å². The smallest absolute Gasteiger partial charge is 0.183 e. The standard InChI is InChI=1S/C11H17N5O2S.ClH/c1-19-11-9-10(12-6-13-11)16(7-14-9)15-8(2-4-17)3-5-18;/h6-8,15,17-18H,2-5H2,1H3;1H. The van der Waals surface area contributed by atoms with E-state index in [1.165, 1.54) is 18.1 Å². The molecule has 2 aromatic heterocycles. The lowest BCUT2D eigenvalue weighted by Gasteiger charge is -2.18. The Hall–Kier alpha value is -1.09. The highest BCUT2D eigenvalue weighted by Gasteiger charge is 2.12. The first-order valence-electron chi connectivity index (χ1n) is 6.00. The molecule has 0 aliphatic rings. The molecule has 0 saturated heterocycles. The number of aliphatic hydroxyl groups excluding tert-OH is 2. The average molecular weight is 320 g/mol. The number of halogens is 1. The van der Waals surface area contributed by atoms with Gasteiger partial charge in [-0.15, -0.1) is 24.2 Å². The molecule has 9 heteroatoms. The number of nitrogens with one attached hydrogen (secondary N) is 1. The van der Waals surface area contributed by atoms with Crippen LogP contribution in [0.1, 0.15) is 12.8 Å². The summed E-state index contributed by atoms with van der Waals surface area (Å²) in [4.78, 5) is 12.7. The van der Waals surface area contributed by atoms with Crippen molar-refractivity contribution in [2.75, 3.05) is 24.9 Å². The Morgan fingerprint density at radius 2 is 1.95 bits per heavy atom. The number of aromatic nitrogens is 4. The summed E-state index contributed by atoms with van der Waals surface area (Å²) < 4.78 is 1.72. The van der Waals surface area contributed by atoms with Gasteiger partial charge in [0.05, 0.1) is 0 Å². The zero-order valence-electron chi connectivity index (χ0n) is 11.1. The van der Waals surface area contributed by atoms with Crippen molar-refractivity contribution in [3.63, 3.8) is 0 Å². The molecule has 0 saturated carbocycles. The van der Waals surface area contributed by atoms with Crippen molar-refractivity contribution in [2.24, 2.45) is 0 Å². The number of aliphatic hydroxyl groups is 2. The molecule has 2 heterocycles. The maximum atomic E-state index is 9.01. The quantitative estimate of drug-likeness (QED) is 0.509. The number of nitrogens with zero attached hydrogens (tertiary/aromatic N) is 4. The van der Waals surface area contributed by atoms with E-state index >= 15 is 0 Å². The van der Waals surface area contributed by atoms with Crippen LogP contribution >= 0.6 is 24.2 Å². The molecule has 3 N–H and O–H groups in total. The van der Waals surface area contributed by atoms with Crippen molar-refractivity contribution >= 4 is 35.3 Å². The number of imidazole rings is 1. The Balaban J connectivity index is 0.00000200. The third-order valence-corrected chi connectivity index (χ3v) is 3.46. The fourth-order valence-corrected chi connectivity index (χ4v) is 2.33. The molecule has 0 aliphatic carbocycles. The van der Waals surface area contributed by atoms with Gasteiger partial charge in [0, 0.05) is 19.3 Å². The second kappa shape index (κ2) is 8.25. The molecule has 2 aromatic rings. The first kappa shape index (κ1) is 17.0. The largest absolute Gasteiger partial charge is 0.396 e. The highest BCUT2D eigenvalue weighted by Crippen LogP contribution is 2.20. The minimum atomic E-state index is -0.0277.